The molecule has 0 fully saturated rings. The summed E-state index contributed by atoms with van der Waals surface area (Å²) in [5.74, 6) is -0.338. The summed E-state index contributed by atoms with van der Waals surface area (Å²) in [5, 5.41) is 0.843. The minimum absolute atomic E-state index is 0.245. The molecule has 118 valence electrons. The first-order valence-corrected chi connectivity index (χ1v) is 8.22. The maximum atomic E-state index is 12.5. The molecule has 0 aliphatic heterocycles. The summed E-state index contributed by atoms with van der Waals surface area (Å²) in [7, 11) is 0. The van der Waals surface area contributed by atoms with Gasteiger partial charge in [-0.25, -0.2) is 4.79 Å². The molecule has 5 heteroatoms. The minimum atomic E-state index is -0.338. The highest BCUT2D eigenvalue weighted by atomic mass is 79.9. The van der Waals surface area contributed by atoms with Crippen LogP contribution in [-0.2, 0) is 11.3 Å². The van der Waals surface area contributed by atoms with E-state index in [1.54, 1.807) is 6.92 Å². The van der Waals surface area contributed by atoms with E-state index in [2.05, 4.69) is 15.9 Å². The first kappa shape index (κ1) is 15.8. The molecule has 1 aromatic heterocycles. The Balaban J connectivity index is 2.38. The highest BCUT2D eigenvalue weighted by Gasteiger charge is 2.23. The molecule has 0 saturated carbocycles. The number of halogens is 1. The third-order valence-corrected chi connectivity index (χ3v) is 4.21. The van der Waals surface area contributed by atoms with Crippen molar-refractivity contribution < 1.29 is 9.53 Å². The van der Waals surface area contributed by atoms with Crippen LogP contribution >= 0.6 is 15.9 Å². The van der Waals surface area contributed by atoms with Crippen LogP contribution in [0.5, 0.6) is 0 Å². The number of hydrogen-bond acceptors (Lipinski definition) is 3. The summed E-state index contributed by atoms with van der Waals surface area (Å²) in [4.78, 5) is 12.5. The van der Waals surface area contributed by atoms with Crippen LogP contribution < -0.4 is 5.73 Å². The van der Waals surface area contributed by atoms with Crippen LogP contribution in [0.1, 0.15) is 23.0 Å². The lowest BCUT2D eigenvalue weighted by atomic mass is 10.1. The van der Waals surface area contributed by atoms with Crippen molar-refractivity contribution in [1.29, 1.82) is 0 Å². The molecule has 1 heterocycles. The second-order valence-electron chi connectivity index (χ2n) is 5.08. The van der Waals surface area contributed by atoms with E-state index in [1.165, 1.54) is 0 Å². The predicted octanol–water partition coefficient (Wildman–Crippen LogP) is 4.03. The second kappa shape index (κ2) is 6.56. The first-order valence-electron chi connectivity index (χ1n) is 7.42. The molecule has 2 N–H and O–H groups in total. The summed E-state index contributed by atoms with van der Waals surface area (Å²) in [5.41, 5.74) is 9.17. The van der Waals surface area contributed by atoms with Gasteiger partial charge in [0, 0.05) is 22.1 Å². The van der Waals surface area contributed by atoms with Gasteiger partial charge in [-0.2, -0.15) is 0 Å². The van der Waals surface area contributed by atoms with Gasteiger partial charge in [-0.1, -0.05) is 40.2 Å². The van der Waals surface area contributed by atoms with E-state index in [4.69, 9.17) is 10.5 Å². The Morgan fingerprint density at radius 3 is 2.61 bits per heavy atom. The standard InChI is InChI=1S/C18H17BrN2O2/c1-2-23-18(22)17-14-9-8-12(19)10-15(14)21(16(17)11-20)13-6-4-3-5-7-13/h3-10H,2,11,20H2,1H3. The molecule has 0 amide bonds. The van der Waals surface area contributed by atoms with Crippen molar-refractivity contribution >= 4 is 32.8 Å². The molecule has 0 aliphatic rings. The maximum absolute atomic E-state index is 12.5. The summed E-state index contributed by atoms with van der Waals surface area (Å²) >= 11 is 3.50. The van der Waals surface area contributed by atoms with Crippen molar-refractivity contribution in [3.8, 4) is 5.69 Å². The SMILES string of the molecule is CCOC(=O)c1c(CN)n(-c2ccccc2)c2cc(Br)ccc12. The summed E-state index contributed by atoms with van der Waals surface area (Å²) in [6.07, 6.45) is 0. The van der Waals surface area contributed by atoms with E-state index in [1.807, 2.05) is 53.1 Å². The van der Waals surface area contributed by atoms with E-state index in [-0.39, 0.29) is 12.5 Å². The Morgan fingerprint density at radius 1 is 1.22 bits per heavy atom. The van der Waals surface area contributed by atoms with Crippen molar-refractivity contribution in [3.05, 3.63) is 64.3 Å². The van der Waals surface area contributed by atoms with E-state index >= 15 is 0 Å². The monoisotopic (exact) mass is 372 g/mol. The average molecular weight is 373 g/mol. The van der Waals surface area contributed by atoms with Gasteiger partial charge in [-0.15, -0.1) is 0 Å². The third-order valence-electron chi connectivity index (χ3n) is 3.72. The zero-order chi connectivity index (χ0) is 16.4. The Morgan fingerprint density at radius 2 is 1.96 bits per heavy atom. The van der Waals surface area contributed by atoms with Crippen LogP contribution in [0.25, 0.3) is 16.6 Å². The van der Waals surface area contributed by atoms with Gasteiger partial charge in [0.1, 0.15) is 0 Å². The molecule has 0 bridgehead atoms. The molecule has 3 aromatic rings. The van der Waals surface area contributed by atoms with Gasteiger partial charge in [0.2, 0.25) is 0 Å². The fourth-order valence-corrected chi connectivity index (χ4v) is 3.16. The zero-order valence-corrected chi connectivity index (χ0v) is 14.3. The Hall–Kier alpha value is -2.11. The number of carbonyl (C=O) groups is 1. The number of para-hydroxylation sites is 1. The van der Waals surface area contributed by atoms with Crippen LogP contribution in [0.3, 0.4) is 0 Å². The van der Waals surface area contributed by atoms with Crippen molar-refractivity contribution in [2.24, 2.45) is 5.73 Å². The average Bonchev–Trinajstić information content (AvgIpc) is 2.89. The topological polar surface area (TPSA) is 57.2 Å². The van der Waals surface area contributed by atoms with Gasteiger partial charge >= 0.3 is 5.97 Å². The Kier molecular flexibility index (Phi) is 4.50. The molecule has 23 heavy (non-hydrogen) atoms. The summed E-state index contributed by atoms with van der Waals surface area (Å²) in [6.45, 7) is 2.37. The van der Waals surface area contributed by atoms with Gasteiger partial charge in [0.05, 0.1) is 23.4 Å². The molecule has 0 unspecified atom stereocenters. The highest BCUT2D eigenvalue weighted by molar-refractivity contribution is 9.10. The highest BCUT2D eigenvalue weighted by Crippen LogP contribution is 2.32. The number of benzene rings is 2. The quantitative estimate of drug-likeness (QED) is 0.703. The number of ether oxygens (including phenoxy) is 1. The van der Waals surface area contributed by atoms with Gasteiger partial charge in [-0.3, -0.25) is 0 Å². The Bertz CT molecular complexity index is 856. The predicted molar refractivity (Wildman–Crippen MR) is 94.8 cm³/mol. The second-order valence-corrected chi connectivity index (χ2v) is 5.99. The number of rotatable bonds is 4. The molecular weight excluding hydrogens is 356 g/mol. The van der Waals surface area contributed by atoms with E-state index in [0.29, 0.717) is 12.2 Å². The van der Waals surface area contributed by atoms with Crippen molar-refractivity contribution in [3.63, 3.8) is 0 Å². The van der Waals surface area contributed by atoms with Gasteiger partial charge in [0.15, 0.2) is 0 Å². The number of nitrogens with zero attached hydrogens (tertiary/aromatic N) is 1. The number of aromatic nitrogens is 1. The van der Waals surface area contributed by atoms with Crippen LogP contribution in [-0.4, -0.2) is 17.1 Å². The number of esters is 1. The lowest BCUT2D eigenvalue weighted by molar-refractivity contribution is 0.0527. The van der Waals surface area contributed by atoms with Crippen molar-refractivity contribution in [1.82, 2.24) is 4.57 Å². The van der Waals surface area contributed by atoms with Crippen molar-refractivity contribution in [2.45, 2.75) is 13.5 Å². The molecule has 4 nitrogen and oxygen atoms in total. The lowest BCUT2D eigenvalue weighted by Gasteiger charge is -2.10. The van der Waals surface area contributed by atoms with Gasteiger partial charge in [0.25, 0.3) is 0 Å². The van der Waals surface area contributed by atoms with E-state index in [0.717, 1.165) is 26.8 Å². The third kappa shape index (κ3) is 2.78. The normalized spacial score (nSPS) is 10.9. The number of nitrogens with two attached hydrogens (primary N) is 1. The molecule has 0 atom stereocenters. The van der Waals surface area contributed by atoms with Crippen LogP contribution in [0, 0.1) is 0 Å². The summed E-state index contributed by atoms with van der Waals surface area (Å²) < 4.78 is 8.20. The van der Waals surface area contributed by atoms with E-state index in [9.17, 15) is 4.79 Å². The smallest absolute Gasteiger partial charge is 0.340 e. The van der Waals surface area contributed by atoms with E-state index < -0.39 is 0 Å². The molecule has 3 rings (SSSR count). The number of hydrogen-bond donors (Lipinski definition) is 1. The molecule has 0 radical (unpaired) electrons. The van der Waals surface area contributed by atoms with Crippen LogP contribution in [0.4, 0.5) is 0 Å². The minimum Gasteiger partial charge on any atom is -0.462 e. The van der Waals surface area contributed by atoms with Crippen LogP contribution in [0.2, 0.25) is 0 Å². The zero-order valence-electron chi connectivity index (χ0n) is 12.8. The maximum Gasteiger partial charge on any atom is 0.340 e. The molecular formula is C18H17BrN2O2. The largest absolute Gasteiger partial charge is 0.462 e. The fraction of sp³-hybridized carbons (Fsp3) is 0.167. The first-order chi connectivity index (χ1) is 11.2. The number of fused-ring (bicyclic) bond motifs is 1. The lowest BCUT2D eigenvalue weighted by Crippen LogP contribution is -2.12. The molecule has 0 saturated heterocycles. The Labute approximate surface area is 143 Å². The molecule has 2 aromatic carbocycles. The number of carbonyl (C=O) groups excluding carboxylic acids is 1. The van der Waals surface area contributed by atoms with Crippen LogP contribution in [0.15, 0.2) is 53.0 Å². The van der Waals surface area contributed by atoms with Crippen molar-refractivity contribution in [2.75, 3.05) is 6.61 Å². The van der Waals surface area contributed by atoms with Gasteiger partial charge in [-0.05, 0) is 31.2 Å². The molecule has 0 spiro atoms. The molecule has 0 aliphatic carbocycles. The fourth-order valence-electron chi connectivity index (χ4n) is 2.81. The summed E-state index contributed by atoms with van der Waals surface area (Å²) in [6, 6.07) is 15.7. The van der Waals surface area contributed by atoms with Gasteiger partial charge < -0.3 is 15.0 Å².